The van der Waals surface area contributed by atoms with E-state index in [2.05, 4.69) is 23.5 Å². The molecular weight excluding hydrogens is 387 g/mol. The highest BCUT2D eigenvalue weighted by Crippen LogP contribution is 2.32. The molecule has 2 N–H and O–H groups in total. The molecule has 7 heteroatoms. The summed E-state index contributed by atoms with van der Waals surface area (Å²) in [5, 5.41) is 12.6. The number of aromatic nitrogens is 1. The number of nitrogens with zero attached hydrogens (tertiary/aromatic N) is 1. The predicted molar refractivity (Wildman–Crippen MR) is 114 cm³/mol. The number of ether oxygens (including phenoxy) is 1. The van der Waals surface area contributed by atoms with E-state index < -0.39 is 29.7 Å². The van der Waals surface area contributed by atoms with Crippen LogP contribution < -0.4 is 5.32 Å². The molecule has 30 heavy (non-hydrogen) atoms. The van der Waals surface area contributed by atoms with E-state index in [1.165, 1.54) is 30.5 Å². The van der Waals surface area contributed by atoms with Gasteiger partial charge in [0.15, 0.2) is 0 Å². The number of carboxylic acids is 1. The van der Waals surface area contributed by atoms with Crippen LogP contribution in [-0.4, -0.2) is 34.7 Å². The molecule has 0 spiro atoms. The minimum Gasteiger partial charge on any atom is -0.481 e. The molecular formula is C23H25FN2O4. The Morgan fingerprint density at radius 2 is 1.97 bits per heavy atom. The van der Waals surface area contributed by atoms with Gasteiger partial charge in [0.2, 0.25) is 0 Å². The van der Waals surface area contributed by atoms with E-state index >= 15 is 0 Å². The molecule has 6 nitrogen and oxygen atoms in total. The number of anilines is 1. The first-order valence-electron chi connectivity index (χ1n) is 9.54. The van der Waals surface area contributed by atoms with Gasteiger partial charge in [-0.2, -0.15) is 0 Å². The van der Waals surface area contributed by atoms with Crippen molar-refractivity contribution in [2.24, 2.45) is 0 Å². The van der Waals surface area contributed by atoms with E-state index in [1.807, 2.05) is 0 Å². The van der Waals surface area contributed by atoms with Crippen molar-refractivity contribution in [2.45, 2.75) is 31.7 Å². The number of hydrogen-bond acceptors (Lipinski definition) is 5. The van der Waals surface area contributed by atoms with Crippen molar-refractivity contribution in [1.29, 1.82) is 0 Å². The second-order valence-electron chi connectivity index (χ2n) is 6.55. The smallest absolute Gasteiger partial charge is 0.328 e. The molecule has 0 aliphatic carbocycles. The summed E-state index contributed by atoms with van der Waals surface area (Å²) in [4.78, 5) is 28.0. The monoisotopic (exact) mass is 412 g/mol. The van der Waals surface area contributed by atoms with Gasteiger partial charge in [-0.15, -0.1) is 13.2 Å². The van der Waals surface area contributed by atoms with Gasteiger partial charge in [-0.25, -0.2) is 9.18 Å². The highest BCUT2D eigenvalue weighted by Gasteiger charge is 2.22. The van der Waals surface area contributed by atoms with Crippen molar-refractivity contribution in [3.63, 3.8) is 0 Å². The first-order valence-corrected chi connectivity index (χ1v) is 9.54. The van der Waals surface area contributed by atoms with Crippen LogP contribution in [0, 0.1) is 5.82 Å². The lowest BCUT2D eigenvalue weighted by Crippen LogP contribution is -2.31. The largest absolute Gasteiger partial charge is 0.481 e. The Morgan fingerprint density at radius 3 is 2.60 bits per heavy atom. The molecule has 1 aromatic heterocycles. The summed E-state index contributed by atoms with van der Waals surface area (Å²) in [7, 11) is 0. The van der Waals surface area contributed by atoms with Crippen LogP contribution in [0.3, 0.4) is 0 Å². The Bertz CT molecular complexity index is 929. The van der Waals surface area contributed by atoms with Crippen LogP contribution in [0.15, 0.2) is 61.8 Å². The molecule has 0 fully saturated rings. The number of carbonyl (C=O) groups is 2. The van der Waals surface area contributed by atoms with Crippen molar-refractivity contribution in [3.8, 4) is 11.1 Å². The molecule has 1 aromatic carbocycles. The third-order valence-electron chi connectivity index (χ3n) is 4.43. The Hall–Kier alpha value is -3.48. The fraction of sp³-hybridized carbons (Fsp3) is 0.261. The van der Waals surface area contributed by atoms with Crippen LogP contribution in [-0.2, 0) is 14.3 Å². The van der Waals surface area contributed by atoms with Gasteiger partial charge in [0.1, 0.15) is 17.8 Å². The topological polar surface area (TPSA) is 88.5 Å². The van der Waals surface area contributed by atoms with E-state index in [9.17, 15) is 19.1 Å². The van der Waals surface area contributed by atoms with E-state index in [1.54, 1.807) is 25.1 Å². The van der Waals surface area contributed by atoms with Crippen LogP contribution in [0.25, 0.3) is 11.1 Å². The Labute approximate surface area is 175 Å². The van der Waals surface area contributed by atoms with Crippen molar-refractivity contribution in [2.75, 3.05) is 11.9 Å². The van der Waals surface area contributed by atoms with Gasteiger partial charge in [-0.3, -0.25) is 9.78 Å². The van der Waals surface area contributed by atoms with Crippen LogP contribution in [0.1, 0.15) is 31.4 Å². The third-order valence-corrected chi connectivity index (χ3v) is 4.43. The highest BCUT2D eigenvalue weighted by atomic mass is 19.1. The first kappa shape index (κ1) is 22.8. The summed E-state index contributed by atoms with van der Waals surface area (Å²) in [5.74, 6) is -2.79. The zero-order chi connectivity index (χ0) is 22.1. The van der Waals surface area contributed by atoms with Crippen LogP contribution in [0.5, 0.6) is 0 Å². The second-order valence-corrected chi connectivity index (χ2v) is 6.55. The minimum atomic E-state index is -1.02. The normalized spacial score (nSPS) is 12.5. The SMILES string of the molecule is C=CCC(Nc1ccc(F)cc1-c1ccnc(C(CC=C)C(=O)O)c1)C(=O)OCC. The number of halogens is 1. The molecule has 0 aliphatic heterocycles. The number of allylic oxidation sites excluding steroid dienone is 1. The van der Waals surface area contributed by atoms with Gasteiger partial charge in [-0.05, 0) is 55.7 Å². The number of hydrogen-bond donors (Lipinski definition) is 2. The third kappa shape index (κ3) is 5.76. The van der Waals surface area contributed by atoms with Crippen molar-refractivity contribution in [1.82, 2.24) is 4.98 Å². The maximum Gasteiger partial charge on any atom is 0.328 e. The summed E-state index contributed by atoms with van der Waals surface area (Å²) in [6, 6.07) is 6.69. The molecule has 2 unspecified atom stereocenters. The predicted octanol–water partition coefficient (Wildman–Crippen LogP) is 4.55. The molecule has 2 aromatic rings. The van der Waals surface area contributed by atoms with E-state index in [-0.39, 0.29) is 13.0 Å². The highest BCUT2D eigenvalue weighted by molar-refractivity contribution is 5.85. The molecule has 0 saturated carbocycles. The molecule has 0 bridgehead atoms. The van der Waals surface area contributed by atoms with Gasteiger partial charge in [0.25, 0.3) is 0 Å². The zero-order valence-electron chi connectivity index (χ0n) is 16.8. The molecule has 2 rings (SSSR count). The maximum absolute atomic E-state index is 14.0. The average Bonchev–Trinajstić information content (AvgIpc) is 2.72. The molecule has 0 aliphatic rings. The second kappa shape index (κ2) is 10.9. The lowest BCUT2D eigenvalue weighted by atomic mass is 9.96. The van der Waals surface area contributed by atoms with E-state index in [0.29, 0.717) is 28.9 Å². The molecule has 0 amide bonds. The number of carboxylic acid groups (broad SMARTS) is 1. The first-order chi connectivity index (χ1) is 14.4. The van der Waals surface area contributed by atoms with Gasteiger partial charge in [-0.1, -0.05) is 12.2 Å². The minimum absolute atomic E-state index is 0.213. The Balaban J connectivity index is 2.47. The molecule has 0 radical (unpaired) electrons. The summed E-state index contributed by atoms with van der Waals surface area (Å²) < 4.78 is 19.1. The number of esters is 1. The number of pyridine rings is 1. The van der Waals surface area contributed by atoms with Crippen molar-refractivity contribution in [3.05, 3.63) is 73.3 Å². The van der Waals surface area contributed by atoms with Gasteiger partial charge in [0, 0.05) is 17.4 Å². The number of nitrogens with one attached hydrogen (secondary N) is 1. The number of aliphatic carboxylic acids is 1. The lowest BCUT2D eigenvalue weighted by Gasteiger charge is -2.20. The summed E-state index contributed by atoms with van der Waals surface area (Å²) in [6.07, 6.45) is 5.11. The molecule has 0 saturated heterocycles. The maximum atomic E-state index is 14.0. The van der Waals surface area contributed by atoms with E-state index in [0.717, 1.165) is 0 Å². The Morgan fingerprint density at radius 1 is 1.23 bits per heavy atom. The quantitative estimate of drug-likeness (QED) is 0.416. The van der Waals surface area contributed by atoms with Crippen molar-refractivity contribution < 1.29 is 23.8 Å². The Kier molecular flexibility index (Phi) is 8.29. The van der Waals surface area contributed by atoms with Crippen LogP contribution >= 0.6 is 0 Å². The van der Waals surface area contributed by atoms with Crippen LogP contribution in [0.4, 0.5) is 10.1 Å². The van der Waals surface area contributed by atoms with Gasteiger partial charge < -0.3 is 15.2 Å². The summed E-state index contributed by atoms with van der Waals surface area (Å²) in [5.41, 5.74) is 1.88. The van der Waals surface area contributed by atoms with Crippen molar-refractivity contribution >= 4 is 17.6 Å². The number of benzene rings is 1. The van der Waals surface area contributed by atoms with Gasteiger partial charge >= 0.3 is 11.9 Å². The molecule has 2 atom stereocenters. The molecule has 1 heterocycles. The summed E-state index contributed by atoms with van der Waals surface area (Å²) >= 11 is 0. The number of carbonyl (C=O) groups excluding carboxylic acids is 1. The lowest BCUT2D eigenvalue weighted by molar-refractivity contribution is -0.144. The molecule has 158 valence electrons. The zero-order valence-corrected chi connectivity index (χ0v) is 16.8. The fourth-order valence-electron chi connectivity index (χ4n) is 3.01. The van der Waals surface area contributed by atoms with Crippen LogP contribution in [0.2, 0.25) is 0 Å². The summed E-state index contributed by atoms with van der Waals surface area (Å²) in [6.45, 7) is 9.21. The fourth-order valence-corrected chi connectivity index (χ4v) is 3.01. The average molecular weight is 412 g/mol. The van der Waals surface area contributed by atoms with E-state index in [4.69, 9.17) is 4.74 Å². The standard InChI is InChI=1S/C23H25FN2O4/c1-4-7-17(22(27)28)21-13-15(11-12-25-21)18-14-16(24)9-10-19(18)26-20(8-5-2)23(29)30-6-3/h4-5,9-14,17,20,26H,1-2,6-8H2,3H3,(H,27,28). The van der Waals surface area contributed by atoms with Gasteiger partial charge in [0.05, 0.1) is 12.3 Å². The number of rotatable bonds is 11.